The smallest absolute Gasteiger partial charge is 0.109 e. The van der Waals surface area contributed by atoms with E-state index in [-0.39, 0.29) is 0 Å². The summed E-state index contributed by atoms with van der Waals surface area (Å²) in [6.07, 6.45) is 13.5. The lowest BCUT2D eigenvalue weighted by molar-refractivity contribution is 0.401. The maximum absolute atomic E-state index is 4.44. The van der Waals surface area contributed by atoms with E-state index in [0.717, 1.165) is 18.9 Å². The molecule has 0 spiro atoms. The fourth-order valence-electron chi connectivity index (χ4n) is 3.11. The number of nitrogens with zero attached hydrogens (tertiary/aromatic N) is 2. The van der Waals surface area contributed by atoms with E-state index < -0.39 is 0 Å². The second-order valence-electron chi connectivity index (χ2n) is 5.64. The Balaban J connectivity index is 1.81. The lowest BCUT2D eigenvalue weighted by Crippen LogP contribution is -2.32. The van der Waals surface area contributed by atoms with Crippen molar-refractivity contribution in [1.29, 1.82) is 0 Å². The average Bonchev–Trinajstić information content (AvgIpc) is 2.99. The van der Waals surface area contributed by atoms with E-state index in [1.54, 1.807) is 0 Å². The van der Waals surface area contributed by atoms with Crippen molar-refractivity contribution in [1.82, 2.24) is 14.9 Å². The second kappa shape index (κ2) is 6.93. The molecule has 1 aliphatic carbocycles. The van der Waals surface area contributed by atoms with Gasteiger partial charge in [0.1, 0.15) is 5.82 Å². The van der Waals surface area contributed by atoms with Crippen LogP contribution in [-0.2, 0) is 13.5 Å². The number of hydrogen-bond acceptors (Lipinski definition) is 2. The van der Waals surface area contributed by atoms with E-state index in [9.17, 15) is 0 Å². The maximum Gasteiger partial charge on any atom is 0.109 e. The molecule has 1 heterocycles. The molecule has 18 heavy (non-hydrogen) atoms. The predicted octanol–water partition coefficient (Wildman–Crippen LogP) is 2.91. The molecule has 1 fully saturated rings. The zero-order chi connectivity index (χ0) is 12.8. The minimum absolute atomic E-state index is 0.594. The highest BCUT2D eigenvalue weighted by atomic mass is 15.0. The highest BCUT2D eigenvalue weighted by Gasteiger charge is 2.18. The van der Waals surface area contributed by atoms with Crippen LogP contribution >= 0.6 is 0 Å². The number of imidazole rings is 1. The molecule has 1 aromatic rings. The largest absolute Gasteiger partial charge is 0.338 e. The number of aryl methyl sites for hydroxylation is 1. The lowest BCUT2D eigenvalue weighted by atomic mass is 9.97. The highest BCUT2D eigenvalue weighted by Crippen LogP contribution is 2.29. The first kappa shape index (κ1) is 13.6. The van der Waals surface area contributed by atoms with Crippen LogP contribution in [0.25, 0.3) is 0 Å². The first-order chi connectivity index (χ1) is 8.79. The number of hydrogen-bond donors (Lipinski definition) is 1. The van der Waals surface area contributed by atoms with Gasteiger partial charge in [0.05, 0.1) is 0 Å². The van der Waals surface area contributed by atoms with Crippen LogP contribution in [0.5, 0.6) is 0 Å². The van der Waals surface area contributed by atoms with Gasteiger partial charge >= 0.3 is 0 Å². The van der Waals surface area contributed by atoms with Gasteiger partial charge in [-0.25, -0.2) is 4.98 Å². The molecular weight excluding hydrogens is 222 g/mol. The van der Waals surface area contributed by atoms with Crippen molar-refractivity contribution in [2.75, 3.05) is 6.54 Å². The lowest BCUT2D eigenvalue weighted by Gasteiger charge is -2.19. The van der Waals surface area contributed by atoms with Crippen LogP contribution in [0, 0.1) is 5.92 Å². The van der Waals surface area contributed by atoms with Gasteiger partial charge in [-0.05, 0) is 25.3 Å². The number of nitrogens with one attached hydrogen (secondary N) is 1. The van der Waals surface area contributed by atoms with E-state index in [4.69, 9.17) is 0 Å². The third-order valence-electron chi connectivity index (χ3n) is 4.24. The number of aromatic nitrogens is 2. The summed E-state index contributed by atoms with van der Waals surface area (Å²) >= 11 is 0. The summed E-state index contributed by atoms with van der Waals surface area (Å²) < 4.78 is 2.14. The van der Waals surface area contributed by atoms with E-state index in [2.05, 4.69) is 28.8 Å². The first-order valence-electron chi connectivity index (χ1n) is 7.49. The molecule has 1 unspecified atom stereocenters. The van der Waals surface area contributed by atoms with Crippen LogP contribution in [0.15, 0.2) is 12.4 Å². The molecule has 1 saturated carbocycles. The molecule has 3 nitrogen and oxygen atoms in total. The molecule has 0 saturated heterocycles. The quantitative estimate of drug-likeness (QED) is 0.805. The van der Waals surface area contributed by atoms with Crippen molar-refractivity contribution in [2.45, 2.75) is 57.9 Å². The van der Waals surface area contributed by atoms with Crippen LogP contribution in [-0.4, -0.2) is 22.1 Å². The summed E-state index contributed by atoms with van der Waals surface area (Å²) in [5, 5.41) is 3.62. The number of likely N-dealkylation sites (N-methyl/N-ethyl adjacent to an activating group) is 1. The van der Waals surface area contributed by atoms with Gasteiger partial charge in [0, 0.05) is 31.9 Å². The Morgan fingerprint density at radius 3 is 2.83 bits per heavy atom. The maximum atomic E-state index is 4.44. The van der Waals surface area contributed by atoms with Crippen molar-refractivity contribution < 1.29 is 0 Å². The Bertz CT molecular complexity index is 339. The zero-order valence-electron chi connectivity index (χ0n) is 11.9. The standard InChI is InChI=1S/C15H27N3/c1-3-16-14(9-8-13-6-4-5-7-13)12-15-17-10-11-18(15)2/h10-11,13-14,16H,3-9,12H2,1-2H3. The molecule has 0 radical (unpaired) electrons. The topological polar surface area (TPSA) is 29.9 Å². The molecule has 1 aliphatic rings. The molecular formula is C15H27N3. The second-order valence-corrected chi connectivity index (χ2v) is 5.64. The molecule has 0 bridgehead atoms. The van der Waals surface area contributed by atoms with Crippen molar-refractivity contribution in [2.24, 2.45) is 13.0 Å². The van der Waals surface area contributed by atoms with Gasteiger partial charge in [-0.1, -0.05) is 32.6 Å². The number of rotatable bonds is 7. The van der Waals surface area contributed by atoms with Gasteiger partial charge in [-0.3, -0.25) is 0 Å². The minimum Gasteiger partial charge on any atom is -0.338 e. The highest BCUT2D eigenvalue weighted by molar-refractivity contribution is 4.94. The fraction of sp³-hybridized carbons (Fsp3) is 0.800. The van der Waals surface area contributed by atoms with Crippen LogP contribution in [0.4, 0.5) is 0 Å². The Morgan fingerprint density at radius 1 is 1.44 bits per heavy atom. The molecule has 1 atom stereocenters. The first-order valence-corrected chi connectivity index (χ1v) is 7.49. The van der Waals surface area contributed by atoms with E-state index >= 15 is 0 Å². The van der Waals surface area contributed by atoms with Gasteiger partial charge in [-0.15, -0.1) is 0 Å². The molecule has 0 aliphatic heterocycles. The monoisotopic (exact) mass is 249 g/mol. The normalized spacial score (nSPS) is 18.3. The van der Waals surface area contributed by atoms with Crippen LogP contribution in [0.2, 0.25) is 0 Å². The Kier molecular flexibility index (Phi) is 5.24. The van der Waals surface area contributed by atoms with Gasteiger partial charge < -0.3 is 9.88 Å². The zero-order valence-corrected chi connectivity index (χ0v) is 11.9. The Labute approximate surface area is 111 Å². The van der Waals surface area contributed by atoms with E-state index in [1.165, 1.54) is 44.3 Å². The fourth-order valence-corrected chi connectivity index (χ4v) is 3.11. The van der Waals surface area contributed by atoms with E-state index in [1.807, 2.05) is 12.4 Å². The van der Waals surface area contributed by atoms with Crippen molar-refractivity contribution in [3.8, 4) is 0 Å². The van der Waals surface area contributed by atoms with Crippen LogP contribution < -0.4 is 5.32 Å². The summed E-state index contributed by atoms with van der Waals surface area (Å²) in [6.45, 7) is 3.25. The molecule has 102 valence electrons. The molecule has 2 rings (SSSR count). The van der Waals surface area contributed by atoms with E-state index in [0.29, 0.717) is 6.04 Å². The summed E-state index contributed by atoms with van der Waals surface area (Å²) in [5.74, 6) is 2.19. The summed E-state index contributed by atoms with van der Waals surface area (Å²) in [5.41, 5.74) is 0. The van der Waals surface area contributed by atoms with Crippen LogP contribution in [0.3, 0.4) is 0 Å². The Hall–Kier alpha value is -0.830. The van der Waals surface area contributed by atoms with Gasteiger partial charge in [0.2, 0.25) is 0 Å². The minimum atomic E-state index is 0.594. The Morgan fingerprint density at radius 2 is 2.22 bits per heavy atom. The van der Waals surface area contributed by atoms with Gasteiger partial charge in [-0.2, -0.15) is 0 Å². The van der Waals surface area contributed by atoms with Crippen molar-refractivity contribution >= 4 is 0 Å². The van der Waals surface area contributed by atoms with Crippen molar-refractivity contribution in [3.63, 3.8) is 0 Å². The summed E-state index contributed by atoms with van der Waals surface area (Å²) in [6, 6.07) is 0.594. The van der Waals surface area contributed by atoms with Gasteiger partial charge in [0.25, 0.3) is 0 Å². The molecule has 1 N–H and O–H groups in total. The molecule has 1 aromatic heterocycles. The van der Waals surface area contributed by atoms with Gasteiger partial charge in [0.15, 0.2) is 0 Å². The predicted molar refractivity (Wildman–Crippen MR) is 75.6 cm³/mol. The van der Waals surface area contributed by atoms with Crippen molar-refractivity contribution in [3.05, 3.63) is 18.2 Å². The molecule has 0 amide bonds. The summed E-state index contributed by atoms with van der Waals surface area (Å²) in [7, 11) is 2.09. The van der Waals surface area contributed by atoms with Crippen LogP contribution in [0.1, 0.15) is 51.3 Å². The third-order valence-corrected chi connectivity index (χ3v) is 4.24. The average molecular weight is 249 g/mol. The summed E-state index contributed by atoms with van der Waals surface area (Å²) in [4.78, 5) is 4.44. The molecule has 0 aromatic carbocycles. The molecule has 3 heteroatoms. The SMILES string of the molecule is CCNC(CCC1CCCC1)Cc1nccn1C. The third kappa shape index (κ3) is 3.84.